The summed E-state index contributed by atoms with van der Waals surface area (Å²) in [5.41, 5.74) is 5.52. The third kappa shape index (κ3) is 3.77. The molecule has 5 nitrogen and oxygen atoms in total. The van der Waals surface area contributed by atoms with Gasteiger partial charge in [-0.2, -0.15) is 0 Å². The van der Waals surface area contributed by atoms with Crippen LogP contribution in [0.2, 0.25) is 0 Å². The molecule has 0 saturated heterocycles. The highest BCUT2D eigenvalue weighted by Crippen LogP contribution is 2.38. The summed E-state index contributed by atoms with van der Waals surface area (Å²) in [5, 5.41) is 15.6. The third-order valence-corrected chi connectivity index (χ3v) is 6.28. The maximum absolute atomic E-state index is 12.3. The van der Waals surface area contributed by atoms with Crippen molar-refractivity contribution in [2.24, 2.45) is 12.0 Å². The van der Waals surface area contributed by atoms with Crippen molar-refractivity contribution in [3.05, 3.63) is 119 Å². The number of anilines is 1. The standard InChI is InChI=1S/C27H24N4OS/c1-18-8-10-20(11-9-18)27(32,24-15-28-17-31(24)2)21-12-13-23-22(14-21)26(29-16-25(33)30-23)19-6-4-3-5-7-19/h3-15,17,32H,16H2,1-2H3,(H,30,33). The first-order chi connectivity index (χ1) is 16.0. The van der Waals surface area contributed by atoms with Gasteiger partial charge in [0, 0.05) is 23.9 Å². The summed E-state index contributed by atoms with van der Waals surface area (Å²) in [5.74, 6) is 0. The van der Waals surface area contributed by atoms with Crippen molar-refractivity contribution >= 4 is 28.6 Å². The van der Waals surface area contributed by atoms with Crippen LogP contribution in [-0.4, -0.2) is 31.9 Å². The molecule has 2 N–H and O–H groups in total. The number of imidazole rings is 1. The second kappa shape index (κ2) is 8.39. The predicted molar refractivity (Wildman–Crippen MR) is 136 cm³/mol. The van der Waals surface area contributed by atoms with Gasteiger partial charge in [-0.05, 0) is 30.2 Å². The van der Waals surface area contributed by atoms with E-state index in [1.54, 1.807) is 12.5 Å². The number of benzodiazepines with no additional fused rings is 1. The number of nitrogens with zero attached hydrogens (tertiary/aromatic N) is 3. The van der Waals surface area contributed by atoms with Crippen LogP contribution in [0.4, 0.5) is 5.69 Å². The fourth-order valence-electron chi connectivity index (χ4n) is 4.31. The number of aromatic nitrogens is 2. The van der Waals surface area contributed by atoms with Crippen LogP contribution in [0.15, 0.2) is 90.3 Å². The Morgan fingerprint density at radius 2 is 1.73 bits per heavy atom. The van der Waals surface area contributed by atoms with E-state index in [1.807, 2.05) is 91.3 Å². The molecule has 1 aromatic heterocycles. The zero-order valence-corrected chi connectivity index (χ0v) is 19.3. The van der Waals surface area contributed by atoms with E-state index in [0.29, 0.717) is 17.2 Å². The SMILES string of the molecule is Cc1ccc(C(O)(c2ccc3c(c2)C(c2ccccc2)=NCC(=S)N3)c2cncn2C)cc1. The van der Waals surface area contributed by atoms with Gasteiger partial charge < -0.3 is 15.0 Å². The summed E-state index contributed by atoms with van der Waals surface area (Å²) in [6.45, 7) is 2.44. The number of hydrogen-bond acceptors (Lipinski definition) is 4. The average Bonchev–Trinajstić information content (AvgIpc) is 3.19. The van der Waals surface area contributed by atoms with Gasteiger partial charge in [0.15, 0.2) is 5.60 Å². The minimum atomic E-state index is -1.40. The number of nitrogens with one attached hydrogen (secondary N) is 1. The molecular formula is C27H24N4OS. The summed E-state index contributed by atoms with van der Waals surface area (Å²) >= 11 is 5.47. The molecule has 1 aliphatic heterocycles. The first-order valence-electron chi connectivity index (χ1n) is 10.8. The van der Waals surface area contributed by atoms with Gasteiger partial charge in [-0.3, -0.25) is 4.99 Å². The van der Waals surface area contributed by atoms with E-state index in [1.165, 1.54) is 0 Å². The molecule has 0 aliphatic carbocycles. The van der Waals surface area contributed by atoms with Crippen LogP contribution in [-0.2, 0) is 12.6 Å². The summed E-state index contributed by atoms with van der Waals surface area (Å²) in [6.07, 6.45) is 3.42. The van der Waals surface area contributed by atoms with E-state index in [-0.39, 0.29) is 0 Å². The van der Waals surface area contributed by atoms with E-state index >= 15 is 0 Å². The second-order valence-corrected chi connectivity index (χ2v) is 8.80. The van der Waals surface area contributed by atoms with Gasteiger partial charge in [-0.15, -0.1) is 0 Å². The first-order valence-corrected chi connectivity index (χ1v) is 11.2. The molecule has 1 atom stereocenters. The maximum atomic E-state index is 12.3. The number of hydrogen-bond donors (Lipinski definition) is 2. The number of benzene rings is 3. The van der Waals surface area contributed by atoms with Crippen LogP contribution in [0, 0.1) is 6.92 Å². The molecule has 164 valence electrons. The van der Waals surface area contributed by atoms with Crippen molar-refractivity contribution in [1.82, 2.24) is 9.55 Å². The van der Waals surface area contributed by atoms with Crippen molar-refractivity contribution in [1.29, 1.82) is 0 Å². The van der Waals surface area contributed by atoms with Crippen molar-refractivity contribution in [2.45, 2.75) is 12.5 Å². The van der Waals surface area contributed by atoms with Crippen molar-refractivity contribution in [2.75, 3.05) is 11.9 Å². The normalized spacial score (nSPS) is 15.1. The number of fused-ring (bicyclic) bond motifs is 1. The summed E-state index contributed by atoms with van der Waals surface area (Å²) in [7, 11) is 1.89. The molecule has 1 unspecified atom stereocenters. The number of thiocarbonyl (C=S) groups is 1. The van der Waals surface area contributed by atoms with E-state index in [9.17, 15) is 5.11 Å². The highest BCUT2D eigenvalue weighted by atomic mass is 32.1. The van der Waals surface area contributed by atoms with E-state index in [4.69, 9.17) is 17.2 Å². The monoisotopic (exact) mass is 452 g/mol. The highest BCUT2D eigenvalue weighted by Gasteiger charge is 2.37. The van der Waals surface area contributed by atoms with Crippen LogP contribution in [0.3, 0.4) is 0 Å². The summed E-state index contributed by atoms with van der Waals surface area (Å²) < 4.78 is 1.85. The number of rotatable bonds is 4. The molecule has 0 fully saturated rings. The summed E-state index contributed by atoms with van der Waals surface area (Å²) in [6, 6.07) is 23.9. The third-order valence-electron chi connectivity index (χ3n) is 6.05. The van der Waals surface area contributed by atoms with Gasteiger partial charge in [0.1, 0.15) is 4.99 Å². The largest absolute Gasteiger partial charge is 0.374 e. The zero-order valence-electron chi connectivity index (χ0n) is 18.5. The Morgan fingerprint density at radius 1 is 1.00 bits per heavy atom. The van der Waals surface area contributed by atoms with Crippen molar-refractivity contribution in [3.63, 3.8) is 0 Å². The van der Waals surface area contributed by atoms with E-state index in [2.05, 4.69) is 10.3 Å². The fourth-order valence-corrected chi connectivity index (χ4v) is 4.48. The molecule has 0 saturated carbocycles. The number of aryl methyl sites for hydroxylation is 2. The average molecular weight is 453 g/mol. The van der Waals surface area contributed by atoms with Gasteiger partial charge in [-0.25, -0.2) is 4.98 Å². The molecule has 1 aliphatic rings. The van der Waals surface area contributed by atoms with Crippen LogP contribution in [0.25, 0.3) is 0 Å². The lowest BCUT2D eigenvalue weighted by molar-refractivity contribution is 0.117. The zero-order chi connectivity index (χ0) is 23.0. The molecule has 0 spiro atoms. The molecule has 4 aromatic rings. The minimum absolute atomic E-state index is 0.410. The Balaban J connectivity index is 1.75. The lowest BCUT2D eigenvalue weighted by atomic mass is 9.81. The second-order valence-electron chi connectivity index (χ2n) is 8.31. The Hall–Kier alpha value is -3.61. The smallest absolute Gasteiger partial charge is 0.156 e. The van der Waals surface area contributed by atoms with Crippen molar-refractivity contribution < 1.29 is 5.11 Å². The first kappa shape index (κ1) is 21.2. The Bertz CT molecular complexity index is 1360. The molecule has 6 heteroatoms. The molecule has 5 rings (SSSR count). The quantitative estimate of drug-likeness (QED) is 0.444. The van der Waals surface area contributed by atoms with Gasteiger partial charge in [0.25, 0.3) is 0 Å². The molecule has 0 radical (unpaired) electrons. The van der Waals surface area contributed by atoms with Crippen LogP contribution >= 0.6 is 12.2 Å². The maximum Gasteiger partial charge on any atom is 0.156 e. The minimum Gasteiger partial charge on any atom is -0.374 e. The molecule has 0 amide bonds. The van der Waals surface area contributed by atoms with Crippen molar-refractivity contribution in [3.8, 4) is 0 Å². The predicted octanol–water partition coefficient (Wildman–Crippen LogP) is 4.60. The Labute approximate surface area is 198 Å². The van der Waals surface area contributed by atoms with Gasteiger partial charge >= 0.3 is 0 Å². The fraction of sp³-hybridized carbons (Fsp3) is 0.148. The van der Waals surface area contributed by atoms with Crippen LogP contribution in [0.5, 0.6) is 0 Å². The molecule has 3 aromatic carbocycles. The summed E-state index contributed by atoms with van der Waals surface area (Å²) in [4.78, 5) is 9.76. The molecule has 2 heterocycles. The Kier molecular flexibility index (Phi) is 5.40. The molecule has 0 bridgehead atoms. The number of aliphatic hydroxyl groups is 1. The van der Waals surface area contributed by atoms with Gasteiger partial charge in [0.05, 0.1) is 30.5 Å². The molecular weight excluding hydrogens is 428 g/mol. The van der Waals surface area contributed by atoms with Crippen LogP contribution in [0.1, 0.15) is 33.5 Å². The molecule has 33 heavy (non-hydrogen) atoms. The Morgan fingerprint density at radius 3 is 2.42 bits per heavy atom. The van der Waals surface area contributed by atoms with Gasteiger partial charge in [-0.1, -0.05) is 78.4 Å². The van der Waals surface area contributed by atoms with Crippen LogP contribution < -0.4 is 5.32 Å². The lowest BCUT2D eigenvalue weighted by Gasteiger charge is -2.30. The van der Waals surface area contributed by atoms with E-state index in [0.717, 1.165) is 39.2 Å². The number of aliphatic imine (C=N–C) groups is 1. The topological polar surface area (TPSA) is 62.4 Å². The van der Waals surface area contributed by atoms with Gasteiger partial charge in [0.2, 0.25) is 0 Å². The highest BCUT2D eigenvalue weighted by molar-refractivity contribution is 7.80. The van der Waals surface area contributed by atoms with E-state index < -0.39 is 5.60 Å². The lowest BCUT2D eigenvalue weighted by Crippen LogP contribution is -2.31.